The number of benzene rings is 1. The molecule has 0 bridgehead atoms. The molecule has 0 spiro atoms. The molecule has 144 valence electrons. The first-order valence-electron chi connectivity index (χ1n) is 8.75. The number of esters is 1. The van der Waals surface area contributed by atoms with E-state index in [-0.39, 0.29) is 23.9 Å². The van der Waals surface area contributed by atoms with E-state index in [0.29, 0.717) is 22.6 Å². The number of ketones is 2. The van der Waals surface area contributed by atoms with Crippen molar-refractivity contribution in [3.05, 3.63) is 51.8 Å². The Hall–Kier alpha value is -2.89. The van der Waals surface area contributed by atoms with Crippen LogP contribution in [0.3, 0.4) is 0 Å². The van der Waals surface area contributed by atoms with Gasteiger partial charge < -0.3 is 14.5 Å². The zero-order valence-electron chi connectivity index (χ0n) is 16.6. The molecule has 1 aromatic carbocycles. The fraction of sp³-hybridized carbons (Fsp3) is 0.381. The van der Waals surface area contributed by atoms with Crippen molar-refractivity contribution in [3.8, 4) is 5.75 Å². The number of ether oxygens (including phenoxy) is 2. The number of hydrogen-bond acceptors (Lipinski definition) is 5. The third kappa shape index (κ3) is 4.64. The molecule has 2 rings (SSSR count). The van der Waals surface area contributed by atoms with Crippen LogP contribution in [-0.4, -0.2) is 35.2 Å². The molecule has 1 heterocycles. The lowest BCUT2D eigenvalue weighted by Gasteiger charge is -2.13. The summed E-state index contributed by atoms with van der Waals surface area (Å²) in [5.74, 6) is -0.545. The molecule has 0 amide bonds. The van der Waals surface area contributed by atoms with Gasteiger partial charge in [0, 0.05) is 11.3 Å². The molecule has 0 aliphatic carbocycles. The minimum absolute atomic E-state index is 0.119. The maximum Gasteiger partial charge on any atom is 0.344 e. The molecule has 0 fully saturated rings. The van der Waals surface area contributed by atoms with Crippen molar-refractivity contribution >= 4 is 17.5 Å². The van der Waals surface area contributed by atoms with Crippen molar-refractivity contribution < 1.29 is 23.9 Å². The number of nitrogens with one attached hydrogen (secondary N) is 1. The maximum absolute atomic E-state index is 12.6. The number of H-pyrrole nitrogens is 1. The molecular weight excluding hydrogens is 346 g/mol. The number of carbonyl (C=O) groups is 3. The van der Waals surface area contributed by atoms with Crippen LogP contribution in [0.5, 0.6) is 5.75 Å². The number of Topliss-reactive ketones (excluding diaryl/α,β-unsaturated/α-hetero) is 2. The van der Waals surface area contributed by atoms with Gasteiger partial charge in [0.05, 0.1) is 5.69 Å². The van der Waals surface area contributed by atoms with Crippen LogP contribution >= 0.6 is 0 Å². The number of hydrogen-bond donors (Lipinski definition) is 1. The second-order valence-electron chi connectivity index (χ2n) is 6.74. The van der Waals surface area contributed by atoms with Crippen molar-refractivity contribution in [1.82, 2.24) is 4.98 Å². The molecule has 0 saturated carbocycles. The third-order valence-corrected chi connectivity index (χ3v) is 4.39. The van der Waals surface area contributed by atoms with Gasteiger partial charge in [0.2, 0.25) is 5.78 Å². The molecule has 6 heteroatoms. The van der Waals surface area contributed by atoms with Crippen molar-refractivity contribution in [3.63, 3.8) is 0 Å². The zero-order chi connectivity index (χ0) is 20.3. The van der Waals surface area contributed by atoms with Gasteiger partial charge in [-0.1, -0.05) is 17.7 Å². The Morgan fingerprint density at radius 1 is 1.11 bits per heavy atom. The molecule has 1 atom stereocenters. The third-order valence-electron chi connectivity index (χ3n) is 4.39. The van der Waals surface area contributed by atoms with Crippen LogP contribution in [0, 0.1) is 27.7 Å². The summed E-state index contributed by atoms with van der Waals surface area (Å²) in [6.07, 6.45) is -0.989. The molecule has 0 saturated heterocycles. The quantitative estimate of drug-likeness (QED) is 0.593. The van der Waals surface area contributed by atoms with Crippen LogP contribution in [0.4, 0.5) is 0 Å². The lowest BCUT2D eigenvalue weighted by molar-refractivity contribution is -0.148. The van der Waals surface area contributed by atoms with E-state index in [9.17, 15) is 14.4 Å². The van der Waals surface area contributed by atoms with Crippen molar-refractivity contribution in [2.24, 2.45) is 0 Å². The Labute approximate surface area is 158 Å². The molecule has 0 radical (unpaired) electrons. The molecule has 6 nitrogen and oxygen atoms in total. The Morgan fingerprint density at radius 2 is 1.78 bits per heavy atom. The Kier molecular flexibility index (Phi) is 6.20. The minimum Gasteiger partial charge on any atom is -0.482 e. The van der Waals surface area contributed by atoms with Crippen LogP contribution in [0.25, 0.3) is 0 Å². The standard InChI is InChI=1S/C21H25NO5/c1-11-7-8-17(12(2)9-11)26-10-18(24)27-16(6)21(25)20-13(3)19(15(5)23)14(4)22-20/h7-9,16,22H,10H2,1-6H3/t16-/m1/s1. The second-order valence-corrected chi connectivity index (χ2v) is 6.74. The molecular formula is C21H25NO5. The molecule has 0 aliphatic rings. The SMILES string of the molecule is CC(=O)c1c(C)[nH]c(C(=O)[C@@H](C)OC(=O)COc2ccc(C)cc2C)c1C. The van der Waals surface area contributed by atoms with Crippen LogP contribution in [0.1, 0.15) is 57.1 Å². The molecule has 0 unspecified atom stereocenters. The number of aromatic amines is 1. The van der Waals surface area contributed by atoms with E-state index in [0.717, 1.165) is 11.1 Å². The smallest absolute Gasteiger partial charge is 0.344 e. The van der Waals surface area contributed by atoms with Gasteiger partial charge in [0.25, 0.3) is 0 Å². The van der Waals surface area contributed by atoms with E-state index >= 15 is 0 Å². The van der Waals surface area contributed by atoms with E-state index in [4.69, 9.17) is 9.47 Å². The first-order chi connectivity index (χ1) is 12.6. The highest BCUT2D eigenvalue weighted by atomic mass is 16.6. The highest BCUT2D eigenvalue weighted by Gasteiger charge is 2.26. The second kappa shape index (κ2) is 8.20. The normalized spacial score (nSPS) is 11.8. The predicted octanol–water partition coefficient (Wildman–Crippen LogP) is 3.64. The average Bonchev–Trinajstić information content (AvgIpc) is 2.87. The average molecular weight is 371 g/mol. The van der Waals surface area contributed by atoms with Gasteiger partial charge in [0.15, 0.2) is 18.5 Å². The number of aryl methyl sites for hydroxylation is 3. The van der Waals surface area contributed by atoms with Crippen LogP contribution in [-0.2, 0) is 9.53 Å². The van der Waals surface area contributed by atoms with E-state index < -0.39 is 12.1 Å². The summed E-state index contributed by atoms with van der Waals surface area (Å²) >= 11 is 0. The van der Waals surface area contributed by atoms with Gasteiger partial charge in [-0.2, -0.15) is 0 Å². The maximum atomic E-state index is 12.6. The van der Waals surface area contributed by atoms with E-state index in [1.54, 1.807) is 19.9 Å². The fourth-order valence-electron chi connectivity index (χ4n) is 3.11. The summed E-state index contributed by atoms with van der Waals surface area (Å²) < 4.78 is 10.7. The van der Waals surface area contributed by atoms with Gasteiger partial charge in [-0.15, -0.1) is 0 Å². The van der Waals surface area contributed by atoms with E-state index in [1.165, 1.54) is 13.8 Å². The monoisotopic (exact) mass is 371 g/mol. The largest absolute Gasteiger partial charge is 0.482 e. The first-order valence-corrected chi connectivity index (χ1v) is 8.75. The fourth-order valence-corrected chi connectivity index (χ4v) is 3.11. The lowest BCUT2D eigenvalue weighted by Crippen LogP contribution is -2.28. The molecule has 27 heavy (non-hydrogen) atoms. The van der Waals surface area contributed by atoms with Crippen molar-refractivity contribution in [1.29, 1.82) is 0 Å². The van der Waals surface area contributed by atoms with Crippen molar-refractivity contribution in [2.75, 3.05) is 6.61 Å². The summed E-state index contributed by atoms with van der Waals surface area (Å²) in [6.45, 7) is 9.96. The topological polar surface area (TPSA) is 85.5 Å². The first kappa shape index (κ1) is 20.4. The van der Waals surface area contributed by atoms with Crippen LogP contribution < -0.4 is 4.74 Å². The van der Waals surface area contributed by atoms with Crippen LogP contribution in [0.2, 0.25) is 0 Å². The molecule has 1 N–H and O–H groups in total. The zero-order valence-corrected chi connectivity index (χ0v) is 16.6. The van der Waals surface area contributed by atoms with E-state index in [1.807, 2.05) is 26.0 Å². The number of rotatable bonds is 7. The summed E-state index contributed by atoms with van der Waals surface area (Å²) in [6, 6.07) is 5.64. The van der Waals surface area contributed by atoms with Gasteiger partial charge in [0.1, 0.15) is 5.75 Å². The molecule has 2 aromatic rings. The Bertz CT molecular complexity index is 894. The highest BCUT2D eigenvalue weighted by Crippen LogP contribution is 2.21. The lowest BCUT2D eigenvalue weighted by atomic mass is 10.0. The summed E-state index contributed by atoms with van der Waals surface area (Å²) in [7, 11) is 0. The highest BCUT2D eigenvalue weighted by molar-refractivity contribution is 6.05. The van der Waals surface area contributed by atoms with E-state index in [2.05, 4.69) is 4.98 Å². The summed E-state index contributed by atoms with van der Waals surface area (Å²) in [5.41, 5.74) is 3.99. The summed E-state index contributed by atoms with van der Waals surface area (Å²) in [5, 5.41) is 0. The molecule has 0 aliphatic heterocycles. The predicted molar refractivity (Wildman–Crippen MR) is 102 cm³/mol. The van der Waals surface area contributed by atoms with Crippen molar-refractivity contribution in [2.45, 2.75) is 47.6 Å². The minimum atomic E-state index is -0.989. The Morgan fingerprint density at radius 3 is 2.33 bits per heavy atom. The number of aromatic nitrogens is 1. The summed E-state index contributed by atoms with van der Waals surface area (Å²) in [4.78, 5) is 39.3. The van der Waals surface area contributed by atoms with Gasteiger partial charge in [-0.25, -0.2) is 4.79 Å². The Balaban J connectivity index is 2.01. The van der Waals surface area contributed by atoms with Gasteiger partial charge in [-0.05, 0) is 58.7 Å². The number of carbonyl (C=O) groups excluding carboxylic acids is 3. The molecule has 1 aromatic heterocycles. The van der Waals surface area contributed by atoms with Gasteiger partial charge >= 0.3 is 5.97 Å². The van der Waals surface area contributed by atoms with Crippen LogP contribution in [0.15, 0.2) is 18.2 Å². The van der Waals surface area contributed by atoms with Gasteiger partial charge in [-0.3, -0.25) is 9.59 Å².